The maximum absolute atomic E-state index is 14.8. The van der Waals surface area contributed by atoms with Gasteiger partial charge in [-0.2, -0.15) is 0 Å². The highest BCUT2D eigenvalue weighted by atomic mass is 19.1. The summed E-state index contributed by atoms with van der Waals surface area (Å²) in [6, 6.07) is 8.64. The van der Waals surface area contributed by atoms with Crippen LogP contribution in [0.1, 0.15) is 5.56 Å². The molecule has 26 heavy (non-hydrogen) atoms. The van der Waals surface area contributed by atoms with E-state index in [4.69, 9.17) is 9.47 Å². The first-order chi connectivity index (χ1) is 12.7. The van der Waals surface area contributed by atoms with Gasteiger partial charge >= 0.3 is 0 Å². The molecule has 0 N–H and O–H groups in total. The lowest BCUT2D eigenvalue weighted by atomic mass is 10.1. The van der Waals surface area contributed by atoms with E-state index in [1.165, 1.54) is 13.3 Å². The summed E-state index contributed by atoms with van der Waals surface area (Å²) in [4.78, 5) is 16.8. The van der Waals surface area contributed by atoms with Crippen molar-refractivity contribution in [1.82, 2.24) is 4.98 Å². The van der Waals surface area contributed by atoms with Crippen molar-refractivity contribution < 1.29 is 13.9 Å². The zero-order valence-electron chi connectivity index (χ0n) is 14.3. The molecule has 0 saturated heterocycles. The Morgan fingerprint density at radius 1 is 1.15 bits per heavy atom. The average Bonchev–Trinajstić information content (AvgIpc) is 3.09. The van der Waals surface area contributed by atoms with Crippen LogP contribution in [0.5, 0.6) is 11.5 Å². The van der Waals surface area contributed by atoms with E-state index >= 15 is 0 Å². The van der Waals surface area contributed by atoms with Crippen molar-refractivity contribution in [3.05, 3.63) is 52.8 Å². The van der Waals surface area contributed by atoms with Gasteiger partial charge in [-0.3, -0.25) is 4.98 Å². The molecule has 1 aliphatic heterocycles. The van der Waals surface area contributed by atoms with Crippen LogP contribution in [0.25, 0.3) is 10.9 Å². The largest absolute Gasteiger partial charge is 0.493 e. The van der Waals surface area contributed by atoms with Crippen molar-refractivity contribution >= 4 is 28.0 Å². The number of rotatable bonds is 4. The van der Waals surface area contributed by atoms with Gasteiger partial charge in [-0.05, 0) is 41.4 Å². The number of hydrogen-bond donors (Lipinski definition) is 0. The van der Waals surface area contributed by atoms with Gasteiger partial charge in [0.15, 0.2) is 17.3 Å². The number of aromatic nitrogens is 1. The number of ether oxygens (including phenoxy) is 2. The Hall–Kier alpha value is -3.22. The van der Waals surface area contributed by atoms with Gasteiger partial charge in [-0.1, -0.05) is 0 Å². The van der Waals surface area contributed by atoms with Crippen molar-refractivity contribution in [3.8, 4) is 11.5 Å². The van der Waals surface area contributed by atoms with Crippen LogP contribution in [0.2, 0.25) is 0 Å². The maximum Gasteiger partial charge on any atom is 0.165 e. The molecule has 7 heteroatoms. The molecule has 0 saturated carbocycles. The summed E-state index contributed by atoms with van der Waals surface area (Å²) in [6.45, 7) is 0.599. The smallest absolute Gasteiger partial charge is 0.165 e. The van der Waals surface area contributed by atoms with Gasteiger partial charge < -0.3 is 14.4 Å². The number of nitrogens with zero attached hydrogens (tertiary/aromatic N) is 3. The van der Waals surface area contributed by atoms with Gasteiger partial charge in [0, 0.05) is 23.7 Å². The third-order valence-electron chi connectivity index (χ3n) is 4.63. The van der Waals surface area contributed by atoms with Crippen LogP contribution < -0.4 is 14.4 Å². The maximum atomic E-state index is 14.8. The second-order valence-corrected chi connectivity index (χ2v) is 5.99. The number of halogens is 1. The van der Waals surface area contributed by atoms with E-state index in [1.807, 2.05) is 4.90 Å². The van der Waals surface area contributed by atoms with Crippen molar-refractivity contribution in [3.63, 3.8) is 0 Å². The summed E-state index contributed by atoms with van der Waals surface area (Å²) in [6.07, 6.45) is 1.91. The summed E-state index contributed by atoms with van der Waals surface area (Å²) in [5.41, 5.74) is 3.24. The fourth-order valence-corrected chi connectivity index (χ4v) is 3.43. The number of pyridine rings is 1. The molecule has 0 amide bonds. The number of hydrogen-bond acceptors (Lipinski definition) is 6. The Morgan fingerprint density at radius 2 is 1.92 bits per heavy atom. The Kier molecular flexibility index (Phi) is 3.91. The van der Waals surface area contributed by atoms with Gasteiger partial charge in [-0.15, -0.1) is 4.91 Å². The van der Waals surface area contributed by atoms with E-state index in [0.29, 0.717) is 46.7 Å². The molecular formula is C19H16FN3O3. The molecule has 1 aromatic heterocycles. The third-order valence-corrected chi connectivity index (χ3v) is 4.63. The molecule has 0 bridgehead atoms. The van der Waals surface area contributed by atoms with Gasteiger partial charge in [0.1, 0.15) is 5.69 Å². The summed E-state index contributed by atoms with van der Waals surface area (Å²) in [5.74, 6) is 0.623. The predicted molar refractivity (Wildman–Crippen MR) is 97.4 cm³/mol. The average molecular weight is 353 g/mol. The minimum atomic E-state index is -0.421. The number of anilines is 2. The van der Waals surface area contributed by atoms with Crippen LogP contribution in [0.4, 0.5) is 21.5 Å². The summed E-state index contributed by atoms with van der Waals surface area (Å²) in [5, 5.41) is 3.60. The third kappa shape index (κ3) is 2.44. The fourth-order valence-electron chi connectivity index (χ4n) is 3.43. The zero-order valence-corrected chi connectivity index (χ0v) is 14.3. The minimum absolute atomic E-state index is 0.372. The van der Waals surface area contributed by atoms with E-state index in [0.717, 1.165) is 11.3 Å². The van der Waals surface area contributed by atoms with Crippen molar-refractivity contribution in [2.75, 3.05) is 25.7 Å². The Bertz CT molecular complexity index is 1020. The van der Waals surface area contributed by atoms with E-state index < -0.39 is 5.82 Å². The van der Waals surface area contributed by atoms with E-state index in [-0.39, 0.29) is 0 Å². The molecule has 132 valence electrons. The van der Waals surface area contributed by atoms with Crippen LogP contribution in [0.3, 0.4) is 0 Å². The Balaban J connectivity index is 1.93. The fraction of sp³-hybridized carbons (Fsp3) is 0.211. The molecule has 0 aliphatic carbocycles. The Labute approximate surface area is 149 Å². The second kappa shape index (κ2) is 6.25. The highest BCUT2D eigenvalue weighted by molar-refractivity contribution is 5.97. The van der Waals surface area contributed by atoms with Crippen molar-refractivity contribution in [1.29, 1.82) is 0 Å². The molecule has 1 aliphatic rings. The van der Waals surface area contributed by atoms with Crippen LogP contribution in [0, 0.1) is 10.7 Å². The van der Waals surface area contributed by atoms with Gasteiger partial charge in [0.2, 0.25) is 0 Å². The minimum Gasteiger partial charge on any atom is -0.493 e. The molecule has 0 radical (unpaired) electrons. The summed E-state index contributed by atoms with van der Waals surface area (Å²) in [7, 11) is 3.08. The molecule has 4 rings (SSSR count). The van der Waals surface area contributed by atoms with Gasteiger partial charge in [-0.25, -0.2) is 4.39 Å². The summed E-state index contributed by atoms with van der Waals surface area (Å²) >= 11 is 0. The molecular weight excluding hydrogens is 337 g/mol. The van der Waals surface area contributed by atoms with Crippen molar-refractivity contribution in [2.45, 2.75) is 6.42 Å². The summed E-state index contributed by atoms with van der Waals surface area (Å²) < 4.78 is 25.5. The molecule has 2 heterocycles. The highest BCUT2D eigenvalue weighted by Gasteiger charge is 2.26. The van der Waals surface area contributed by atoms with Crippen molar-refractivity contribution in [2.24, 2.45) is 5.18 Å². The zero-order chi connectivity index (χ0) is 18.3. The van der Waals surface area contributed by atoms with Crippen LogP contribution in [-0.2, 0) is 6.42 Å². The molecule has 0 unspecified atom stereocenters. The monoisotopic (exact) mass is 353 g/mol. The van der Waals surface area contributed by atoms with E-state index in [9.17, 15) is 9.30 Å². The second-order valence-electron chi connectivity index (χ2n) is 5.99. The van der Waals surface area contributed by atoms with E-state index in [2.05, 4.69) is 10.2 Å². The topological polar surface area (TPSA) is 64.0 Å². The predicted octanol–water partition coefficient (Wildman–Crippen LogP) is 4.48. The van der Waals surface area contributed by atoms with Crippen LogP contribution in [0.15, 0.2) is 41.7 Å². The normalized spacial score (nSPS) is 13.0. The van der Waals surface area contributed by atoms with Gasteiger partial charge in [0.25, 0.3) is 0 Å². The number of fused-ring (bicyclic) bond motifs is 2. The lowest BCUT2D eigenvalue weighted by Crippen LogP contribution is -2.15. The first-order valence-electron chi connectivity index (χ1n) is 8.10. The molecule has 2 aromatic carbocycles. The highest BCUT2D eigenvalue weighted by Crippen LogP contribution is 2.43. The molecule has 3 aromatic rings. The van der Waals surface area contributed by atoms with Crippen LogP contribution in [-0.4, -0.2) is 25.7 Å². The molecule has 0 atom stereocenters. The first kappa shape index (κ1) is 16.3. The molecule has 0 spiro atoms. The standard InChI is InChI=1S/C19H16FN3O3/c1-25-17-8-13-15(9-18(17)26-2)21-10-14(20)19(13)23-6-5-11-7-12(22-24)3-4-16(11)23/h3-4,7-10H,5-6H2,1-2H3. The number of methoxy groups -OCH3 is 2. The Morgan fingerprint density at radius 3 is 2.65 bits per heavy atom. The SMILES string of the molecule is COc1cc2ncc(F)c(N3CCc4cc(N=O)ccc43)c2cc1OC. The number of benzene rings is 2. The quantitative estimate of drug-likeness (QED) is 0.647. The first-order valence-corrected chi connectivity index (χ1v) is 8.10. The van der Waals surface area contributed by atoms with E-state index in [1.54, 1.807) is 37.4 Å². The molecule has 6 nitrogen and oxygen atoms in total. The lowest BCUT2D eigenvalue weighted by Gasteiger charge is -2.22. The van der Waals surface area contributed by atoms with Gasteiger partial charge in [0.05, 0.1) is 31.6 Å². The molecule has 0 fully saturated rings. The van der Waals surface area contributed by atoms with Crippen LogP contribution >= 0.6 is 0 Å². The number of nitroso groups, excluding NO2 is 1. The lowest BCUT2D eigenvalue weighted by molar-refractivity contribution is 0.356.